The van der Waals surface area contributed by atoms with Gasteiger partial charge in [-0.05, 0) is 19.4 Å². The van der Waals surface area contributed by atoms with Gasteiger partial charge in [-0.3, -0.25) is 0 Å². The smallest absolute Gasteiger partial charge is 0.256 e. The van der Waals surface area contributed by atoms with Gasteiger partial charge in [0, 0.05) is 12.5 Å². The second-order valence-corrected chi connectivity index (χ2v) is 3.90. The fourth-order valence-electron chi connectivity index (χ4n) is 2.19. The molecule has 2 heterocycles. The molecule has 2 atom stereocenters. The van der Waals surface area contributed by atoms with Gasteiger partial charge in [-0.15, -0.1) is 12.4 Å². The van der Waals surface area contributed by atoms with Gasteiger partial charge in [-0.1, -0.05) is 0 Å². The monoisotopic (exact) mass is 227 g/mol. The van der Waals surface area contributed by atoms with E-state index in [9.17, 15) is 8.78 Å². The van der Waals surface area contributed by atoms with Gasteiger partial charge in [-0.25, -0.2) is 8.78 Å². The van der Waals surface area contributed by atoms with E-state index in [1.165, 1.54) is 0 Å². The molecule has 84 valence electrons. The van der Waals surface area contributed by atoms with E-state index < -0.39 is 11.8 Å². The quantitative estimate of drug-likeness (QED) is 0.738. The van der Waals surface area contributed by atoms with E-state index in [4.69, 9.17) is 4.74 Å². The number of hydrogen-bond acceptors (Lipinski definition) is 2. The van der Waals surface area contributed by atoms with Gasteiger partial charge in [0.15, 0.2) is 0 Å². The Morgan fingerprint density at radius 3 is 2.71 bits per heavy atom. The molecule has 0 aromatic carbocycles. The van der Waals surface area contributed by atoms with Gasteiger partial charge in [0.1, 0.15) is 0 Å². The fourth-order valence-corrected chi connectivity index (χ4v) is 2.19. The summed E-state index contributed by atoms with van der Waals surface area (Å²) in [6, 6.07) is -0.0321. The molecule has 14 heavy (non-hydrogen) atoms. The maximum atomic E-state index is 13.4. The molecular formula is C9H16ClF2NO. The number of ether oxygens (including phenoxy) is 1. The van der Waals surface area contributed by atoms with Crippen LogP contribution in [0.25, 0.3) is 0 Å². The van der Waals surface area contributed by atoms with Crippen molar-refractivity contribution in [3.63, 3.8) is 0 Å². The molecule has 0 amide bonds. The first kappa shape index (κ1) is 12.1. The maximum absolute atomic E-state index is 13.4. The molecule has 5 heteroatoms. The average molecular weight is 228 g/mol. The number of halogens is 3. The molecule has 0 saturated carbocycles. The van der Waals surface area contributed by atoms with Crippen molar-refractivity contribution in [2.24, 2.45) is 5.92 Å². The molecule has 2 unspecified atom stereocenters. The van der Waals surface area contributed by atoms with Crippen LogP contribution < -0.4 is 5.32 Å². The molecule has 2 rings (SSSR count). The minimum Gasteiger partial charge on any atom is -0.381 e. The molecule has 0 spiro atoms. The third-order valence-electron chi connectivity index (χ3n) is 3.00. The second kappa shape index (κ2) is 4.73. The summed E-state index contributed by atoms with van der Waals surface area (Å²) in [5.74, 6) is -3.14. The number of nitrogens with one attached hydrogen (secondary N) is 1. The summed E-state index contributed by atoms with van der Waals surface area (Å²) < 4.78 is 31.9. The molecule has 2 aliphatic heterocycles. The predicted molar refractivity (Wildman–Crippen MR) is 52.1 cm³/mol. The van der Waals surface area contributed by atoms with Crippen molar-refractivity contribution >= 4 is 12.4 Å². The molecule has 0 aromatic heterocycles. The van der Waals surface area contributed by atoms with E-state index >= 15 is 0 Å². The average Bonchev–Trinajstić information content (AvgIpc) is 2.55. The topological polar surface area (TPSA) is 21.3 Å². The van der Waals surface area contributed by atoms with Gasteiger partial charge < -0.3 is 10.1 Å². The van der Waals surface area contributed by atoms with Crippen molar-refractivity contribution in [1.29, 1.82) is 0 Å². The van der Waals surface area contributed by atoms with Gasteiger partial charge in [-0.2, -0.15) is 0 Å². The third kappa shape index (κ3) is 2.35. The molecule has 0 radical (unpaired) electrons. The van der Waals surface area contributed by atoms with Crippen LogP contribution in [0.2, 0.25) is 0 Å². The lowest BCUT2D eigenvalue weighted by molar-refractivity contribution is -0.149. The maximum Gasteiger partial charge on any atom is 0.256 e. The Hall–Kier alpha value is 0.0700. The van der Waals surface area contributed by atoms with Crippen LogP contribution >= 0.6 is 12.4 Å². The Balaban J connectivity index is 0.000000980. The molecule has 0 aromatic rings. The third-order valence-corrected chi connectivity index (χ3v) is 3.00. The summed E-state index contributed by atoms with van der Waals surface area (Å²) in [4.78, 5) is 0. The fraction of sp³-hybridized carbons (Fsp3) is 1.00. The van der Waals surface area contributed by atoms with Crippen LogP contribution in [0.15, 0.2) is 0 Å². The van der Waals surface area contributed by atoms with Crippen LogP contribution in [0.4, 0.5) is 8.78 Å². The van der Waals surface area contributed by atoms with Crippen LogP contribution in [-0.4, -0.2) is 31.7 Å². The summed E-state index contributed by atoms with van der Waals surface area (Å²) in [5, 5.41) is 3.12. The van der Waals surface area contributed by atoms with E-state index in [-0.39, 0.29) is 38.1 Å². The predicted octanol–water partition coefficient (Wildman–Crippen LogP) is 1.83. The Bertz CT molecular complexity index is 186. The second-order valence-electron chi connectivity index (χ2n) is 3.90. The minimum absolute atomic E-state index is 0. The molecule has 2 nitrogen and oxygen atoms in total. The van der Waals surface area contributed by atoms with E-state index in [0.29, 0.717) is 0 Å². The van der Waals surface area contributed by atoms with Gasteiger partial charge in [0.2, 0.25) is 0 Å². The summed E-state index contributed by atoms with van der Waals surface area (Å²) in [7, 11) is 0. The van der Waals surface area contributed by atoms with Crippen LogP contribution in [0.5, 0.6) is 0 Å². The highest BCUT2D eigenvalue weighted by atomic mass is 35.5. The Morgan fingerprint density at radius 2 is 2.14 bits per heavy atom. The first-order valence-corrected chi connectivity index (χ1v) is 4.89. The van der Waals surface area contributed by atoms with E-state index in [0.717, 1.165) is 19.4 Å². The summed E-state index contributed by atoms with van der Waals surface area (Å²) in [6.45, 7) is 1.29. The Morgan fingerprint density at radius 1 is 1.36 bits per heavy atom. The first-order valence-electron chi connectivity index (χ1n) is 4.89. The van der Waals surface area contributed by atoms with Gasteiger partial charge in [0.05, 0.1) is 19.1 Å². The molecule has 1 N–H and O–H groups in total. The van der Waals surface area contributed by atoms with Crippen molar-refractivity contribution in [3.8, 4) is 0 Å². The van der Waals surface area contributed by atoms with E-state index in [2.05, 4.69) is 5.32 Å². The molecule has 0 bridgehead atoms. The van der Waals surface area contributed by atoms with E-state index in [1.54, 1.807) is 0 Å². The van der Waals surface area contributed by atoms with Crippen molar-refractivity contribution in [1.82, 2.24) is 5.32 Å². The van der Waals surface area contributed by atoms with Crippen molar-refractivity contribution in [2.45, 2.75) is 31.2 Å². The normalized spacial score (nSPS) is 36.4. The summed E-state index contributed by atoms with van der Waals surface area (Å²) in [6.07, 6.45) is 1.76. The molecule has 0 aliphatic carbocycles. The lowest BCUT2D eigenvalue weighted by Gasteiger charge is -2.35. The molecule has 2 fully saturated rings. The lowest BCUT2D eigenvalue weighted by Crippen LogP contribution is -2.48. The van der Waals surface area contributed by atoms with Crippen molar-refractivity contribution in [2.75, 3.05) is 19.8 Å². The van der Waals surface area contributed by atoms with Crippen molar-refractivity contribution in [3.05, 3.63) is 0 Å². The van der Waals surface area contributed by atoms with Crippen LogP contribution in [0, 0.1) is 5.92 Å². The number of rotatable bonds is 1. The van der Waals surface area contributed by atoms with Crippen molar-refractivity contribution < 1.29 is 13.5 Å². The first-order chi connectivity index (χ1) is 6.20. The number of alkyl halides is 2. The highest BCUT2D eigenvalue weighted by molar-refractivity contribution is 5.85. The lowest BCUT2D eigenvalue weighted by atomic mass is 9.89. The Kier molecular flexibility index (Phi) is 4.10. The molecule has 2 aliphatic rings. The van der Waals surface area contributed by atoms with Crippen LogP contribution in [-0.2, 0) is 4.74 Å². The highest BCUT2D eigenvalue weighted by Gasteiger charge is 2.46. The zero-order valence-corrected chi connectivity index (χ0v) is 8.79. The number of hydrogen-bond donors (Lipinski definition) is 1. The molecular weight excluding hydrogens is 212 g/mol. The van der Waals surface area contributed by atoms with Gasteiger partial charge >= 0.3 is 0 Å². The SMILES string of the molecule is Cl.FC1(F)CCOCC1C1CCCN1. The molecule has 2 saturated heterocycles. The minimum atomic E-state index is -2.53. The zero-order chi connectivity index (χ0) is 9.31. The zero-order valence-electron chi connectivity index (χ0n) is 7.97. The van der Waals surface area contributed by atoms with Gasteiger partial charge in [0.25, 0.3) is 5.92 Å². The van der Waals surface area contributed by atoms with Crippen LogP contribution in [0.3, 0.4) is 0 Å². The Labute approximate surface area is 88.8 Å². The highest BCUT2D eigenvalue weighted by Crippen LogP contribution is 2.36. The summed E-state index contributed by atoms with van der Waals surface area (Å²) in [5.41, 5.74) is 0. The van der Waals surface area contributed by atoms with E-state index in [1.807, 2.05) is 0 Å². The standard InChI is InChI=1S/C9H15F2NO.ClH/c10-9(11)3-5-13-6-7(9)8-2-1-4-12-8;/h7-8,12H,1-6H2;1H. The largest absolute Gasteiger partial charge is 0.381 e. The summed E-state index contributed by atoms with van der Waals surface area (Å²) >= 11 is 0. The van der Waals surface area contributed by atoms with Crippen LogP contribution in [0.1, 0.15) is 19.3 Å².